The van der Waals surface area contributed by atoms with Crippen LogP contribution < -0.4 is 5.32 Å². The number of pyridine rings is 1. The van der Waals surface area contributed by atoms with Crippen molar-refractivity contribution >= 4 is 32.5 Å². The van der Waals surface area contributed by atoms with Crippen molar-refractivity contribution < 1.29 is 17.9 Å². The summed E-state index contributed by atoms with van der Waals surface area (Å²) in [6, 6.07) is 12.4. The summed E-state index contributed by atoms with van der Waals surface area (Å²) in [6.07, 6.45) is 3.84. The summed E-state index contributed by atoms with van der Waals surface area (Å²) in [7, 11) is -3.57. The maximum absolute atomic E-state index is 13.5. The zero-order chi connectivity index (χ0) is 23.0. The number of fused-ring (bicyclic) bond motifs is 2. The van der Waals surface area contributed by atoms with E-state index in [1.165, 1.54) is 4.31 Å². The first-order valence-corrected chi connectivity index (χ1v) is 12.8. The first kappa shape index (κ1) is 22.0. The summed E-state index contributed by atoms with van der Waals surface area (Å²) < 4.78 is 32.4. The normalized spacial score (nSPS) is 17.0. The highest BCUT2D eigenvalue weighted by atomic mass is 32.2. The topological polar surface area (TPSA) is 88.6 Å². The number of nitrogens with zero attached hydrogens (tertiary/aromatic N) is 2. The van der Waals surface area contributed by atoms with Gasteiger partial charge < -0.3 is 10.1 Å². The van der Waals surface area contributed by atoms with E-state index in [1.807, 2.05) is 25.1 Å². The van der Waals surface area contributed by atoms with E-state index < -0.39 is 10.0 Å². The van der Waals surface area contributed by atoms with Gasteiger partial charge in [-0.2, -0.15) is 4.31 Å². The lowest BCUT2D eigenvalue weighted by Crippen LogP contribution is -2.40. The smallest absolute Gasteiger partial charge is 0.256 e. The standard InChI is InChI=1S/C25H27N3O4S/c1-17-6-11-23-21(16-17)24(20-4-2-3-5-22(20)27-23)25(29)26-18-7-9-19(10-8-18)33(30,31)28-12-14-32-15-13-28/h6-11,16H,2-5,12-15H2,1H3,(H,26,29). The number of benzene rings is 2. The predicted octanol–water partition coefficient (Wildman–Crippen LogP) is 3.70. The van der Waals surface area contributed by atoms with Crippen molar-refractivity contribution in [3.8, 4) is 0 Å². The van der Waals surface area contributed by atoms with Gasteiger partial charge in [0.15, 0.2) is 0 Å². The molecule has 1 saturated heterocycles. The third-order valence-electron chi connectivity index (χ3n) is 6.36. The number of aryl methyl sites for hydroxylation is 2. The van der Waals surface area contributed by atoms with Gasteiger partial charge in [0, 0.05) is 29.9 Å². The number of ether oxygens (including phenoxy) is 1. The summed E-state index contributed by atoms with van der Waals surface area (Å²) in [5.74, 6) is -0.185. The van der Waals surface area contributed by atoms with Crippen LogP contribution in [0.3, 0.4) is 0 Å². The molecule has 1 aromatic heterocycles. The number of hydrogen-bond donors (Lipinski definition) is 1. The van der Waals surface area contributed by atoms with Gasteiger partial charge in [-0.05, 0) is 74.6 Å². The molecule has 2 aromatic carbocycles. The number of carbonyl (C=O) groups is 1. The summed E-state index contributed by atoms with van der Waals surface area (Å²) >= 11 is 0. The molecule has 7 nitrogen and oxygen atoms in total. The molecule has 0 unspecified atom stereocenters. The van der Waals surface area contributed by atoms with Gasteiger partial charge in [0.1, 0.15) is 0 Å². The Morgan fingerprint density at radius 3 is 2.52 bits per heavy atom. The minimum Gasteiger partial charge on any atom is -0.379 e. The van der Waals surface area contributed by atoms with Gasteiger partial charge in [-0.3, -0.25) is 9.78 Å². The van der Waals surface area contributed by atoms with Crippen LogP contribution in [0.15, 0.2) is 47.4 Å². The highest BCUT2D eigenvalue weighted by Gasteiger charge is 2.27. The molecule has 0 atom stereocenters. The fourth-order valence-corrected chi connectivity index (χ4v) is 6.04. The molecular formula is C25H27N3O4S. The summed E-state index contributed by atoms with van der Waals surface area (Å²) in [5.41, 5.74) is 5.19. The lowest BCUT2D eigenvalue weighted by atomic mass is 9.89. The molecule has 1 amide bonds. The van der Waals surface area contributed by atoms with Crippen molar-refractivity contribution in [1.82, 2.24) is 9.29 Å². The van der Waals surface area contributed by atoms with Crippen LogP contribution in [0.1, 0.15) is 40.0 Å². The van der Waals surface area contributed by atoms with Crippen LogP contribution in [-0.4, -0.2) is 49.9 Å². The summed E-state index contributed by atoms with van der Waals surface area (Å²) in [6.45, 7) is 3.50. The van der Waals surface area contributed by atoms with Crippen LogP contribution in [-0.2, 0) is 27.6 Å². The molecule has 33 heavy (non-hydrogen) atoms. The van der Waals surface area contributed by atoms with Crippen LogP contribution in [0.25, 0.3) is 10.9 Å². The molecular weight excluding hydrogens is 438 g/mol. The number of amides is 1. The largest absolute Gasteiger partial charge is 0.379 e. The molecule has 1 aliphatic carbocycles. The number of hydrogen-bond acceptors (Lipinski definition) is 5. The van der Waals surface area contributed by atoms with Crippen LogP contribution in [0, 0.1) is 6.92 Å². The number of anilines is 1. The van der Waals surface area contributed by atoms with Gasteiger partial charge in [0.2, 0.25) is 10.0 Å². The Kier molecular flexibility index (Phi) is 5.90. The molecule has 2 aliphatic rings. The lowest BCUT2D eigenvalue weighted by molar-refractivity contribution is 0.0730. The van der Waals surface area contributed by atoms with E-state index in [-0.39, 0.29) is 10.8 Å². The lowest BCUT2D eigenvalue weighted by Gasteiger charge is -2.26. The van der Waals surface area contributed by atoms with E-state index in [1.54, 1.807) is 24.3 Å². The maximum atomic E-state index is 13.5. The van der Waals surface area contributed by atoms with Crippen LogP contribution in [0.4, 0.5) is 5.69 Å². The number of sulfonamides is 1. The highest BCUT2D eigenvalue weighted by Crippen LogP contribution is 2.31. The number of rotatable bonds is 4. The average molecular weight is 466 g/mol. The Balaban J connectivity index is 1.45. The number of morpholine rings is 1. The van der Waals surface area contributed by atoms with Crippen LogP contribution in [0.2, 0.25) is 0 Å². The molecule has 2 heterocycles. The highest BCUT2D eigenvalue weighted by molar-refractivity contribution is 7.89. The van der Waals surface area contributed by atoms with E-state index in [4.69, 9.17) is 9.72 Å². The van der Waals surface area contributed by atoms with E-state index >= 15 is 0 Å². The first-order chi connectivity index (χ1) is 15.9. The third-order valence-corrected chi connectivity index (χ3v) is 8.28. The fraction of sp³-hybridized carbons (Fsp3) is 0.360. The van der Waals surface area contributed by atoms with Crippen molar-refractivity contribution in [2.45, 2.75) is 37.5 Å². The number of aromatic nitrogens is 1. The molecule has 0 radical (unpaired) electrons. The second-order valence-electron chi connectivity index (χ2n) is 8.63. The van der Waals surface area contributed by atoms with Crippen LogP contribution >= 0.6 is 0 Å². The quantitative estimate of drug-likeness (QED) is 0.635. The average Bonchev–Trinajstić information content (AvgIpc) is 2.83. The van der Waals surface area contributed by atoms with Gasteiger partial charge in [-0.15, -0.1) is 0 Å². The third kappa shape index (κ3) is 4.26. The van der Waals surface area contributed by atoms with Crippen molar-refractivity contribution in [2.24, 2.45) is 0 Å². The van der Waals surface area contributed by atoms with Gasteiger partial charge in [0.05, 0.1) is 29.2 Å². The van der Waals surface area contributed by atoms with Gasteiger partial charge >= 0.3 is 0 Å². The molecule has 0 bridgehead atoms. The number of nitrogens with one attached hydrogen (secondary N) is 1. The van der Waals surface area contributed by atoms with Crippen molar-refractivity contribution in [1.29, 1.82) is 0 Å². The minimum absolute atomic E-state index is 0.185. The monoisotopic (exact) mass is 465 g/mol. The molecule has 1 aliphatic heterocycles. The SMILES string of the molecule is Cc1ccc2nc3c(c(C(=O)Nc4ccc(S(=O)(=O)N5CCOCC5)cc4)c2c1)CCCC3. The summed E-state index contributed by atoms with van der Waals surface area (Å²) in [5, 5.41) is 3.84. The Bertz CT molecular complexity index is 1310. The Morgan fingerprint density at radius 2 is 1.76 bits per heavy atom. The minimum atomic E-state index is -3.57. The van der Waals surface area contributed by atoms with Gasteiger partial charge in [-0.1, -0.05) is 11.6 Å². The van der Waals surface area contributed by atoms with E-state index in [2.05, 4.69) is 5.32 Å². The Labute approximate surface area is 193 Å². The van der Waals surface area contributed by atoms with E-state index in [0.717, 1.165) is 53.4 Å². The number of carbonyl (C=O) groups excluding carboxylic acids is 1. The Hall–Kier alpha value is -2.81. The molecule has 1 fully saturated rings. The van der Waals surface area contributed by atoms with Gasteiger partial charge in [-0.25, -0.2) is 8.42 Å². The zero-order valence-corrected chi connectivity index (χ0v) is 19.5. The predicted molar refractivity (Wildman–Crippen MR) is 127 cm³/mol. The second kappa shape index (κ2) is 8.85. The van der Waals surface area contributed by atoms with Crippen molar-refractivity contribution in [3.63, 3.8) is 0 Å². The van der Waals surface area contributed by atoms with Crippen molar-refractivity contribution in [2.75, 3.05) is 31.6 Å². The first-order valence-electron chi connectivity index (χ1n) is 11.3. The van der Waals surface area contributed by atoms with Crippen LogP contribution in [0.5, 0.6) is 0 Å². The molecule has 8 heteroatoms. The molecule has 172 valence electrons. The molecule has 5 rings (SSSR count). The molecule has 0 saturated carbocycles. The van der Waals surface area contributed by atoms with Crippen molar-refractivity contribution in [3.05, 3.63) is 64.8 Å². The second-order valence-corrected chi connectivity index (χ2v) is 10.6. The molecule has 1 N–H and O–H groups in total. The fourth-order valence-electron chi connectivity index (χ4n) is 4.64. The summed E-state index contributed by atoms with van der Waals surface area (Å²) in [4.78, 5) is 18.5. The molecule has 0 spiro atoms. The van der Waals surface area contributed by atoms with E-state index in [9.17, 15) is 13.2 Å². The maximum Gasteiger partial charge on any atom is 0.256 e. The van der Waals surface area contributed by atoms with E-state index in [0.29, 0.717) is 37.6 Å². The molecule has 3 aromatic rings. The van der Waals surface area contributed by atoms with Gasteiger partial charge in [0.25, 0.3) is 5.91 Å². The Morgan fingerprint density at radius 1 is 1.03 bits per heavy atom. The zero-order valence-electron chi connectivity index (χ0n) is 18.6.